The zero-order chi connectivity index (χ0) is 9.97. The van der Waals surface area contributed by atoms with Crippen LogP contribution in [-0.4, -0.2) is 0 Å². The Hall–Kier alpha value is -1.09. The molecule has 0 spiro atoms. The molecule has 0 atom stereocenters. The minimum atomic E-state index is -0.253. The third-order valence-electron chi connectivity index (χ3n) is 1.97. The molecule has 0 unspecified atom stereocenters. The van der Waals surface area contributed by atoms with Crippen LogP contribution in [0.2, 0.25) is 0 Å². The van der Waals surface area contributed by atoms with E-state index in [9.17, 15) is 4.39 Å². The zero-order valence-electron chi connectivity index (χ0n) is 7.34. The second kappa shape index (κ2) is 3.96. The van der Waals surface area contributed by atoms with Crippen molar-refractivity contribution < 1.29 is 8.81 Å². The van der Waals surface area contributed by atoms with E-state index in [2.05, 4.69) is 15.9 Å². The van der Waals surface area contributed by atoms with Crippen LogP contribution in [0, 0.1) is 5.82 Å². The zero-order valence-corrected chi connectivity index (χ0v) is 8.92. The van der Waals surface area contributed by atoms with E-state index in [-0.39, 0.29) is 5.82 Å². The van der Waals surface area contributed by atoms with Crippen molar-refractivity contribution in [3.05, 3.63) is 48.0 Å². The highest BCUT2D eigenvalue weighted by Gasteiger charge is 2.07. The third-order valence-corrected chi connectivity index (χ3v) is 2.62. The van der Waals surface area contributed by atoms with E-state index in [1.54, 1.807) is 18.2 Å². The molecular weight excluding hydrogens is 247 g/mol. The Morgan fingerprint density at radius 2 is 2.14 bits per heavy atom. The summed E-state index contributed by atoms with van der Waals surface area (Å²) >= 11 is 3.27. The second-order valence-corrected chi connectivity index (χ2v) is 3.49. The summed E-state index contributed by atoms with van der Waals surface area (Å²) in [4.78, 5) is 0. The van der Waals surface area contributed by atoms with Crippen molar-refractivity contribution in [1.29, 1.82) is 0 Å². The number of alkyl halides is 1. The fraction of sp³-hybridized carbons (Fsp3) is 0.0909. The Bertz CT molecular complexity index is 423. The van der Waals surface area contributed by atoms with Gasteiger partial charge in [-0.2, -0.15) is 0 Å². The third kappa shape index (κ3) is 1.73. The molecule has 1 aromatic carbocycles. The van der Waals surface area contributed by atoms with Gasteiger partial charge in [0.2, 0.25) is 0 Å². The molecule has 0 fully saturated rings. The number of hydrogen-bond acceptors (Lipinski definition) is 1. The van der Waals surface area contributed by atoms with Crippen LogP contribution in [0.3, 0.4) is 0 Å². The highest BCUT2D eigenvalue weighted by molar-refractivity contribution is 9.08. The number of hydrogen-bond donors (Lipinski definition) is 0. The van der Waals surface area contributed by atoms with Crippen LogP contribution in [0.5, 0.6) is 0 Å². The van der Waals surface area contributed by atoms with Crippen LogP contribution >= 0.6 is 15.9 Å². The molecule has 0 aliphatic heterocycles. The molecule has 0 bridgehead atoms. The maximum Gasteiger partial charge on any atom is 0.136 e. The predicted molar refractivity (Wildman–Crippen MR) is 56.7 cm³/mol. The number of furan rings is 1. The minimum Gasteiger partial charge on any atom is -0.464 e. The first-order valence-electron chi connectivity index (χ1n) is 4.19. The van der Waals surface area contributed by atoms with Crippen molar-refractivity contribution in [3.63, 3.8) is 0 Å². The fourth-order valence-electron chi connectivity index (χ4n) is 1.27. The molecule has 0 aliphatic carbocycles. The molecule has 0 saturated carbocycles. The summed E-state index contributed by atoms with van der Waals surface area (Å²) in [7, 11) is 0. The van der Waals surface area contributed by atoms with Gasteiger partial charge in [0.15, 0.2) is 0 Å². The second-order valence-electron chi connectivity index (χ2n) is 2.93. The van der Waals surface area contributed by atoms with Crippen molar-refractivity contribution in [3.8, 4) is 11.3 Å². The fourth-order valence-corrected chi connectivity index (χ4v) is 1.62. The summed E-state index contributed by atoms with van der Waals surface area (Å²) in [6.07, 6.45) is 1.53. The summed E-state index contributed by atoms with van der Waals surface area (Å²) < 4.78 is 18.6. The Kier molecular flexibility index (Phi) is 2.68. The van der Waals surface area contributed by atoms with Gasteiger partial charge >= 0.3 is 0 Å². The highest BCUT2D eigenvalue weighted by Crippen LogP contribution is 2.24. The molecular formula is C11H8BrFO. The van der Waals surface area contributed by atoms with Gasteiger partial charge in [0.05, 0.1) is 11.8 Å². The molecule has 2 rings (SSSR count). The normalized spacial score (nSPS) is 10.4. The highest BCUT2D eigenvalue weighted by atomic mass is 79.9. The van der Waals surface area contributed by atoms with Crippen LogP contribution < -0.4 is 0 Å². The summed E-state index contributed by atoms with van der Waals surface area (Å²) in [6.45, 7) is 0. The molecule has 14 heavy (non-hydrogen) atoms. The smallest absolute Gasteiger partial charge is 0.136 e. The van der Waals surface area contributed by atoms with E-state index in [1.807, 2.05) is 6.07 Å². The Balaban J connectivity index is 2.46. The van der Waals surface area contributed by atoms with Gasteiger partial charge in [-0.3, -0.25) is 0 Å². The predicted octanol–water partition coefficient (Wildman–Crippen LogP) is 3.98. The van der Waals surface area contributed by atoms with Crippen LogP contribution in [0.25, 0.3) is 11.3 Å². The molecule has 1 nitrogen and oxygen atoms in total. The van der Waals surface area contributed by atoms with Gasteiger partial charge in [0.1, 0.15) is 11.6 Å². The van der Waals surface area contributed by atoms with Gasteiger partial charge in [-0.1, -0.05) is 22.0 Å². The van der Waals surface area contributed by atoms with E-state index in [0.717, 1.165) is 5.56 Å². The Morgan fingerprint density at radius 3 is 2.71 bits per heavy atom. The summed E-state index contributed by atoms with van der Waals surface area (Å²) in [5, 5.41) is 0.655. The largest absolute Gasteiger partial charge is 0.464 e. The Morgan fingerprint density at radius 1 is 1.29 bits per heavy atom. The van der Waals surface area contributed by atoms with E-state index < -0.39 is 0 Å². The Labute approximate surface area is 89.7 Å². The van der Waals surface area contributed by atoms with Gasteiger partial charge in [-0.05, 0) is 29.8 Å². The molecule has 0 N–H and O–H groups in total. The molecule has 72 valence electrons. The standard InChI is InChI=1S/C11H8BrFO/c12-7-8-3-4-9(10(13)6-8)11-2-1-5-14-11/h1-6H,7H2. The lowest BCUT2D eigenvalue weighted by atomic mass is 10.1. The molecule has 0 aliphatic rings. The monoisotopic (exact) mass is 254 g/mol. The van der Waals surface area contributed by atoms with Crippen molar-refractivity contribution in [2.24, 2.45) is 0 Å². The first-order chi connectivity index (χ1) is 6.81. The van der Waals surface area contributed by atoms with Gasteiger partial charge in [0, 0.05) is 5.33 Å². The van der Waals surface area contributed by atoms with Crippen molar-refractivity contribution in [2.45, 2.75) is 5.33 Å². The average Bonchev–Trinajstić information content (AvgIpc) is 2.70. The minimum absolute atomic E-state index is 0.253. The van der Waals surface area contributed by atoms with Crippen molar-refractivity contribution in [1.82, 2.24) is 0 Å². The first kappa shape index (κ1) is 9.46. The van der Waals surface area contributed by atoms with Crippen LogP contribution in [-0.2, 0) is 5.33 Å². The molecule has 1 heterocycles. The molecule has 2 aromatic rings. The number of halogens is 2. The lowest BCUT2D eigenvalue weighted by molar-refractivity contribution is 0.569. The SMILES string of the molecule is Fc1cc(CBr)ccc1-c1ccco1. The summed E-state index contributed by atoms with van der Waals surface area (Å²) in [5.74, 6) is 0.306. The lowest BCUT2D eigenvalue weighted by Gasteiger charge is -2.01. The van der Waals surface area contributed by atoms with E-state index in [0.29, 0.717) is 16.7 Å². The quantitative estimate of drug-likeness (QED) is 0.739. The van der Waals surface area contributed by atoms with Gasteiger partial charge in [-0.25, -0.2) is 4.39 Å². The number of rotatable bonds is 2. The molecule has 0 amide bonds. The lowest BCUT2D eigenvalue weighted by Crippen LogP contribution is -1.85. The van der Waals surface area contributed by atoms with Gasteiger partial charge < -0.3 is 4.42 Å². The summed E-state index contributed by atoms with van der Waals surface area (Å²) in [5.41, 5.74) is 1.41. The molecule has 0 saturated heterocycles. The van der Waals surface area contributed by atoms with Crippen LogP contribution in [0.4, 0.5) is 4.39 Å². The molecule has 3 heteroatoms. The first-order valence-corrected chi connectivity index (χ1v) is 5.31. The molecule has 0 radical (unpaired) electrons. The van der Waals surface area contributed by atoms with Crippen molar-refractivity contribution >= 4 is 15.9 Å². The van der Waals surface area contributed by atoms with E-state index >= 15 is 0 Å². The topological polar surface area (TPSA) is 13.1 Å². The van der Waals surface area contributed by atoms with Crippen molar-refractivity contribution in [2.75, 3.05) is 0 Å². The molecule has 1 aromatic heterocycles. The van der Waals surface area contributed by atoms with Crippen LogP contribution in [0.1, 0.15) is 5.56 Å². The number of benzene rings is 1. The van der Waals surface area contributed by atoms with Crippen LogP contribution in [0.15, 0.2) is 41.0 Å². The van der Waals surface area contributed by atoms with E-state index in [4.69, 9.17) is 4.42 Å². The average molecular weight is 255 g/mol. The van der Waals surface area contributed by atoms with E-state index in [1.165, 1.54) is 12.3 Å². The maximum absolute atomic E-state index is 13.5. The van der Waals surface area contributed by atoms with Gasteiger partial charge in [0.25, 0.3) is 0 Å². The van der Waals surface area contributed by atoms with Gasteiger partial charge in [-0.15, -0.1) is 0 Å². The maximum atomic E-state index is 13.5. The summed E-state index contributed by atoms with van der Waals surface area (Å²) in [6, 6.07) is 8.59.